The van der Waals surface area contributed by atoms with Crippen LogP contribution in [0.4, 0.5) is 0 Å². The molecule has 0 spiro atoms. The topological polar surface area (TPSA) is 29.5 Å². The molecule has 0 amide bonds. The van der Waals surface area contributed by atoms with E-state index in [-0.39, 0.29) is 45.2 Å². The fourth-order valence-corrected chi connectivity index (χ4v) is 0.712. The van der Waals surface area contributed by atoms with Crippen LogP contribution in [0.1, 0.15) is 13.8 Å². The smallest absolute Gasteiger partial charge is 0.118 e. The third-order valence-electron chi connectivity index (χ3n) is 1.73. The third kappa shape index (κ3) is 9.04. The second kappa shape index (κ2) is 10.6. The Morgan fingerprint density at radius 3 is 2.60 bits per heavy atom. The molecule has 2 nitrogen and oxygen atoms in total. The number of rotatable bonds is 6. The Balaban J connectivity index is 0. The van der Waals surface area contributed by atoms with E-state index < -0.39 is 6.10 Å². The molecule has 1 radical (unpaired) electrons. The van der Waals surface area contributed by atoms with Crippen molar-refractivity contribution >= 4 is 0 Å². The van der Waals surface area contributed by atoms with Gasteiger partial charge < -0.3 is 16.8 Å². The fraction of sp³-hybridized carbons (Fsp3) is 0.417. The van der Waals surface area contributed by atoms with E-state index in [1.54, 1.807) is 12.2 Å². The van der Waals surface area contributed by atoms with Gasteiger partial charge in [0.2, 0.25) is 0 Å². The van der Waals surface area contributed by atoms with Crippen LogP contribution in [-0.4, -0.2) is 17.8 Å². The molecule has 0 aromatic rings. The van der Waals surface area contributed by atoms with Crippen LogP contribution in [0.15, 0.2) is 36.6 Å². The molecular weight excluding hydrogens is 265 g/mol. The van der Waals surface area contributed by atoms with Crippen LogP contribution >= 0.6 is 0 Å². The minimum Gasteiger partial charge on any atom is -0.491 e. The molecule has 2 unspecified atom stereocenters. The molecule has 83 valence electrons. The fourth-order valence-electron chi connectivity index (χ4n) is 0.712. The molecule has 0 rings (SSSR count). The first-order valence-corrected chi connectivity index (χ1v) is 4.71. The predicted octanol–water partition coefficient (Wildman–Crippen LogP) is 2.48. The van der Waals surface area contributed by atoms with Crippen LogP contribution in [0.2, 0.25) is 0 Å². The zero-order valence-corrected chi connectivity index (χ0v) is 12.4. The Hall–Kier alpha value is 0.0839. The minimum absolute atomic E-state index is 0. The minimum atomic E-state index is -0.538. The van der Waals surface area contributed by atoms with Gasteiger partial charge in [0, 0.05) is 32.7 Å². The molecule has 0 aliphatic rings. The summed E-state index contributed by atoms with van der Waals surface area (Å²) in [4.78, 5) is 0. The quantitative estimate of drug-likeness (QED) is 0.461. The standard InChI is InChI=1S/C12H19O2.Y/c1-5-7-8-11(6-2)14-9-12(13)10(3)4;/h5-8,10,12-13H,2-3,9H2,1,4H3;/q-1;/b7-5-,11-8+;. The number of aliphatic hydroxyl groups is 1. The van der Waals surface area contributed by atoms with Gasteiger partial charge in [-0.25, -0.2) is 0 Å². The van der Waals surface area contributed by atoms with Gasteiger partial charge in [-0.1, -0.05) is 25.7 Å². The van der Waals surface area contributed by atoms with Crippen LogP contribution in [0.3, 0.4) is 0 Å². The molecule has 0 bridgehead atoms. The first kappa shape index (κ1) is 17.5. The van der Waals surface area contributed by atoms with Crippen LogP contribution in [0, 0.1) is 12.8 Å². The molecule has 0 aliphatic heterocycles. The zero-order chi connectivity index (χ0) is 11.0. The molecule has 0 heterocycles. The van der Waals surface area contributed by atoms with E-state index in [1.165, 1.54) is 0 Å². The van der Waals surface area contributed by atoms with Crippen LogP contribution in [0.5, 0.6) is 0 Å². The van der Waals surface area contributed by atoms with Gasteiger partial charge in [-0.05, 0) is 19.1 Å². The third-order valence-corrected chi connectivity index (χ3v) is 1.73. The summed E-state index contributed by atoms with van der Waals surface area (Å²) in [6.07, 6.45) is 6.63. The van der Waals surface area contributed by atoms with Gasteiger partial charge in [-0.2, -0.15) is 0 Å². The molecule has 0 aromatic heterocycles. The average Bonchev–Trinajstić information content (AvgIpc) is 2.17. The summed E-state index contributed by atoms with van der Waals surface area (Å²) in [6, 6.07) is 0. The summed E-state index contributed by atoms with van der Waals surface area (Å²) >= 11 is 0. The van der Waals surface area contributed by atoms with Crippen molar-refractivity contribution in [1.29, 1.82) is 0 Å². The molecular formula is C12H19O2Y-. The number of hydrogen-bond acceptors (Lipinski definition) is 2. The Morgan fingerprint density at radius 2 is 2.20 bits per heavy atom. The van der Waals surface area contributed by atoms with Crippen LogP contribution in [0.25, 0.3) is 0 Å². The summed E-state index contributed by atoms with van der Waals surface area (Å²) in [5, 5.41) is 9.43. The second-order valence-electron chi connectivity index (χ2n) is 3.15. The SMILES string of the molecule is C=C/C(=C\C=C/C)OCC(O)C([CH2-])C.[Y]. The molecule has 0 saturated heterocycles. The van der Waals surface area contributed by atoms with Gasteiger partial charge >= 0.3 is 0 Å². The largest absolute Gasteiger partial charge is 0.491 e. The van der Waals surface area contributed by atoms with Gasteiger partial charge in [0.05, 0.1) is 6.10 Å². The molecule has 1 N–H and O–H groups in total. The monoisotopic (exact) mass is 284 g/mol. The van der Waals surface area contributed by atoms with Crippen LogP contribution < -0.4 is 0 Å². The van der Waals surface area contributed by atoms with Gasteiger partial charge in [0.15, 0.2) is 0 Å². The number of ether oxygens (including phenoxy) is 1. The Morgan fingerprint density at radius 1 is 1.60 bits per heavy atom. The van der Waals surface area contributed by atoms with Crippen molar-refractivity contribution < 1.29 is 42.6 Å². The van der Waals surface area contributed by atoms with Crippen molar-refractivity contribution in [3.8, 4) is 0 Å². The first-order chi connectivity index (χ1) is 6.61. The van der Waals surface area contributed by atoms with Crippen molar-refractivity contribution in [3.05, 3.63) is 43.6 Å². The Kier molecular flexibility index (Phi) is 12.3. The van der Waals surface area contributed by atoms with Crippen molar-refractivity contribution in [2.75, 3.05) is 6.61 Å². The molecule has 15 heavy (non-hydrogen) atoms. The van der Waals surface area contributed by atoms with Gasteiger partial charge in [-0.15, -0.1) is 5.92 Å². The Labute approximate surface area is 118 Å². The van der Waals surface area contributed by atoms with E-state index in [9.17, 15) is 5.11 Å². The zero-order valence-electron chi connectivity index (χ0n) is 9.52. The maximum absolute atomic E-state index is 9.43. The summed E-state index contributed by atoms with van der Waals surface area (Å²) in [5.41, 5.74) is 0. The van der Waals surface area contributed by atoms with Crippen molar-refractivity contribution in [1.82, 2.24) is 0 Å². The number of hydrogen-bond donors (Lipinski definition) is 1. The Bertz CT molecular complexity index is 220. The molecule has 0 aromatic carbocycles. The van der Waals surface area contributed by atoms with Crippen molar-refractivity contribution in [2.45, 2.75) is 20.0 Å². The average molecular weight is 284 g/mol. The van der Waals surface area contributed by atoms with E-state index in [1.807, 2.05) is 26.0 Å². The number of allylic oxidation sites excluding steroid dienone is 4. The maximum atomic E-state index is 9.43. The van der Waals surface area contributed by atoms with E-state index in [4.69, 9.17) is 4.74 Å². The molecule has 3 heteroatoms. The first-order valence-electron chi connectivity index (χ1n) is 4.71. The van der Waals surface area contributed by atoms with E-state index >= 15 is 0 Å². The second-order valence-corrected chi connectivity index (χ2v) is 3.15. The number of aliphatic hydroxyl groups excluding tert-OH is 1. The predicted molar refractivity (Wildman–Crippen MR) is 59.6 cm³/mol. The molecule has 0 saturated carbocycles. The van der Waals surface area contributed by atoms with Crippen molar-refractivity contribution in [2.24, 2.45) is 5.92 Å². The molecule has 2 atom stereocenters. The van der Waals surface area contributed by atoms with Crippen molar-refractivity contribution in [3.63, 3.8) is 0 Å². The summed E-state index contributed by atoms with van der Waals surface area (Å²) < 4.78 is 5.32. The van der Waals surface area contributed by atoms with E-state index in [0.29, 0.717) is 5.76 Å². The van der Waals surface area contributed by atoms with Gasteiger partial charge in [-0.3, -0.25) is 0 Å². The maximum Gasteiger partial charge on any atom is 0.118 e. The van der Waals surface area contributed by atoms with E-state index in [2.05, 4.69) is 13.5 Å². The van der Waals surface area contributed by atoms with E-state index in [0.717, 1.165) is 0 Å². The van der Waals surface area contributed by atoms with Gasteiger partial charge in [0.25, 0.3) is 0 Å². The summed E-state index contributed by atoms with van der Waals surface area (Å²) in [5.74, 6) is 0.616. The van der Waals surface area contributed by atoms with Gasteiger partial charge in [0.1, 0.15) is 12.4 Å². The molecule has 0 fully saturated rings. The summed E-state index contributed by atoms with van der Waals surface area (Å²) in [7, 11) is 0. The summed E-state index contributed by atoms with van der Waals surface area (Å²) in [6.45, 7) is 11.3. The molecule has 0 aliphatic carbocycles. The van der Waals surface area contributed by atoms with Crippen LogP contribution in [-0.2, 0) is 37.4 Å². The normalized spacial score (nSPS) is 15.6.